The Kier molecular flexibility index (Phi) is 6.04. The van der Waals surface area contributed by atoms with Crippen molar-refractivity contribution in [3.63, 3.8) is 0 Å². The molecule has 0 aliphatic heterocycles. The summed E-state index contributed by atoms with van der Waals surface area (Å²) in [6.07, 6.45) is 0. The van der Waals surface area contributed by atoms with Gasteiger partial charge in [-0.15, -0.1) is 0 Å². The minimum absolute atomic E-state index is 0.153. The molecule has 0 fully saturated rings. The van der Waals surface area contributed by atoms with Gasteiger partial charge in [0.25, 0.3) is 5.56 Å². The van der Waals surface area contributed by atoms with Gasteiger partial charge in [-0.05, 0) is 43.7 Å². The number of hydrogen-bond donors (Lipinski definition) is 1. The zero-order chi connectivity index (χ0) is 22.1. The van der Waals surface area contributed by atoms with Crippen LogP contribution in [0, 0.1) is 6.92 Å². The standard InChI is InChI=1S/C21H24N4O4S/c1-14(16-9-11-17(12-10-16)30(28,29)24(3)4)22-20(26)13-25-15(2)23-19-8-6-5-7-18(19)21(25)27/h5-12,14H,13H2,1-4H3,(H,22,26). The number of carbonyl (C=O) groups excluding carboxylic acids is 1. The largest absolute Gasteiger partial charge is 0.348 e. The van der Waals surface area contributed by atoms with E-state index in [2.05, 4.69) is 10.3 Å². The second-order valence-corrected chi connectivity index (χ2v) is 9.36. The number of aryl methyl sites for hydroxylation is 1. The van der Waals surface area contributed by atoms with Crippen molar-refractivity contribution >= 4 is 26.8 Å². The Morgan fingerprint density at radius 3 is 2.40 bits per heavy atom. The lowest BCUT2D eigenvalue weighted by atomic mass is 10.1. The molecule has 2 aromatic carbocycles. The minimum Gasteiger partial charge on any atom is -0.348 e. The number of aromatic nitrogens is 2. The van der Waals surface area contributed by atoms with Crippen molar-refractivity contribution in [3.05, 3.63) is 70.3 Å². The third-order valence-corrected chi connectivity index (χ3v) is 6.72. The Hall–Kier alpha value is -3.04. The van der Waals surface area contributed by atoms with E-state index in [9.17, 15) is 18.0 Å². The third kappa shape index (κ3) is 4.27. The fourth-order valence-corrected chi connectivity index (χ4v) is 4.02. The molecule has 1 atom stereocenters. The molecule has 0 aliphatic rings. The van der Waals surface area contributed by atoms with E-state index in [-0.39, 0.29) is 28.9 Å². The third-order valence-electron chi connectivity index (χ3n) is 4.89. The van der Waals surface area contributed by atoms with Gasteiger partial charge in [0, 0.05) is 14.1 Å². The number of benzene rings is 2. The van der Waals surface area contributed by atoms with Crippen LogP contribution in [0.5, 0.6) is 0 Å². The Bertz CT molecular complexity index is 1250. The van der Waals surface area contributed by atoms with Crippen molar-refractivity contribution in [1.29, 1.82) is 0 Å². The van der Waals surface area contributed by atoms with Crippen molar-refractivity contribution in [2.24, 2.45) is 0 Å². The first kappa shape index (κ1) is 21.7. The monoisotopic (exact) mass is 428 g/mol. The number of carbonyl (C=O) groups is 1. The van der Waals surface area contributed by atoms with Gasteiger partial charge >= 0.3 is 0 Å². The highest BCUT2D eigenvalue weighted by Crippen LogP contribution is 2.18. The number of sulfonamides is 1. The van der Waals surface area contributed by atoms with E-state index in [0.717, 1.165) is 9.87 Å². The lowest BCUT2D eigenvalue weighted by Gasteiger charge is -2.17. The van der Waals surface area contributed by atoms with E-state index in [0.29, 0.717) is 16.7 Å². The summed E-state index contributed by atoms with van der Waals surface area (Å²) < 4.78 is 26.8. The van der Waals surface area contributed by atoms with Crippen LogP contribution < -0.4 is 10.9 Å². The molecular formula is C21H24N4O4S. The maximum absolute atomic E-state index is 12.7. The molecule has 0 saturated carbocycles. The van der Waals surface area contributed by atoms with Crippen LogP contribution in [0.2, 0.25) is 0 Å². The van der Waals surface area contributed by atoms with Crippen LogP contribution in [0.1, 0.15) is 24.4 Å². The van der Waals surface area contributed by atoms with Gasteiger partial charge in [-0.2, -0.15) is 0 Å². The maximum atomic E-state index is 12.7. The van der Waals surface area contributed by atoms with Crippen LogP contribution >= 0.6 is 0 Å². The Morgan fingerprint density at radius 2 is 1.77 bits per heavy atom. The fourth-order valence-electron chi connectivity index (χ4n) is 3.12. The van der Waals surface area contributed by atoms with E-state index in [1.807, 2.05) is 6.07 Å². The summed E-state index contributed by atoms with van der Waals surface area (Å²) in [5.41, 5.74) is 1.08. The molecule has 0 spiro atoms. The number of hydrogen-bond acceptors (Lipinski definition) is 5. The van der Waals surface area contributed by atoms with Crippen LogP contribution in [0.15, 0.2) is 58.2 Å². The van der Waals surface area contributed by atoms with Crippen LogP contribution in [0.25, 0.3) is 10.9 Å². The van der Waals surface area contributed by atoms with Crippen molar-refractivity contribution in [2.45, 2.75) is 31.3 Å². The molecule has 3 aromatic rings. The first-order valence-electron chi connectivity index (χ1n) is 9.39. The van der Waals surface area contributed by atoms with Gasteiger partial charge in [0.15, 0.2) is 0 Å². The van der Waals surface area contributed by atoms with Gasteiger partial charge < -0.3 is 5.32 Å². The molecule has 9 heteroatoms. The molecule has 0 aliphatic carbocycles. The Morgan fingerprint density at radius 1 is 1.13 bits per heavy atom. The molecule has 0 bridgehead atoms. The predicted octanol–water partition coefficient (Wildman–Crippen LogP) is 1.83. The number of nitrogens with one attached hydrogen (secondary N) is 1. The van der Waals surface area contributed by atoms with Gasteiger partial charge in [-0.25, -0.2) is 17.7 Å². The summed E-state index contributed by atoms with van der Waals surface area (Å²) in [5.74, 6) is 0.120. The molecule has 1 unspecified atom stereocenters. The van der Waals surface area contributed by atoms with E-state index in [1.54, 1.807) is 44.2 Å². The quantitative estimate of drug-likeness (QED) is 0.646. The van der Waals surface area contributed by atoms with Gasteiger partial charge in [-0.3, -0.25) is 14.2 Å². The minimum atomic E-state index is -3.51. The molecule has 8 nitrogen and oxygen atoms in total. The first-order valence-corrected chi connectivity index (χ1v) is 10.8. The molecule has 1 N–H and O–H groups in total. The molecule has 30 heavy (non-hydrogen) atoms. The highest BCUT2D eigenvalue weighted by molar-refractivity contribution is 7.89. The van der Waals surface area contributed by atoms with E-state index in [1.165, 1.54) is 30.8 Å². The van der Waals surface area contributed by atoms with Crippen LogP contribution in [-0.2, 0) is 21.4 Å². The topological polar surface area (TPSA) is 101 Å². The highest BCUT2D eigenvalue weighted by atomic mass is 32.2. The second kappa shape index (κ2) is 8.37. The van der Waals surface area contributed by atoms with Crippen molar-refractivity contribution in [3.8, 4) is 0 Å². The van der Waals surface area contributed by atoms with E-state index < -0.39 is 10.0 Å². The fraction of sp³-hybridized carbons (Fsp3) is 0.286. The number of nitrogens with zero attached hydrogens (tertiary/aromatic N) is 3. The molecule has 158 valence electrons. The lowest BCUT2D eigenvalue weighted by Crippen LogP contribution is -2.35. The molecule has 1 amide bonds. The number of para-hydroxylation sites is 1. The normalized spacial score (nSPS) is 12.8. The molecule has 1 aromatic heterocycles. The van der Waals surface area contributed by atoms with Gasteiger partial charge in [0.1, 0.15) is 12.4 Å². The van der Waals surface area contributed by atoms with Crippen LogP contribution in [0.4, 0.5) is 0 Å². The predicted molar refractivity (Wildman–Crippen MR) is 115 cm³/mol. The number of amides is 1. The molecular weight excluding hydrogens is 404 g/mol. The van der Waals surface area contributed by atoms with Crippen molar-refractivity contribution in [1.82, 2.24) is 19.2 Å². The number of fused-ring (bicyclic) bond motifs is 1. The van der Waals surface area contributed by atoms with Crippen molar-refractivity contribution < 1.29 is 13.2 Å². The zero-order valence-electron chi connectivity index (χ0n) is 17.3. The molecule has 0 saturated heterocycles. The zero-order valence-corrected chi connectivity index (χ0v) is 18.1. The molecule has 0 radical (unpaired) electrons. The van der Waals surface area contributed by atoms with E-state index >= 15 is 0 Å². The summed E-state index contributed by atoms with van der Waals surface area (Å²) in [5, 5.41) is 3.30. The van der Waals surface area contributed by atoms with Gasteiger partial charge in [0.2, 0.25) is 15.9 Å². The van der Waals surface area contributed by atoms with E-state index in [4.69, 9.17) is 0 Å². The summed E-state index contributed by atoms with van der Waals surface area (Å²) in [6.45, 7) is 3.33. The van der Waals surface area contributed by atoms with Gasteiger partial charge in [-0.1, -0.05) is 24.3 Å². The maximum Gasteiger partial charge on any atom is 0.261 e. The van der Waals surface area contributed by atoms with Crippen LogP contribution in [0.3, 0.4) is 0 Å². The highest BCUT2D eigenvalue weighted by Gasteiger charge is 2.18. The molecule has 3 rings (SSSR count). The van der Waals surface area contributed by atoms with Gasteiger partial charge in [0.05, 0.1) is 21.8 Å². The Balaban J connectivity index is 1.75. The van der Waals surface area contributed by atoms with Crippen LogP contribution in [-0.4, -0.2) is 42.3 Å². The summed E-state index contributed by atoms with van der Waals surface area (Å²) in [4.78, 5) is 29.8. The average molecular weight is 429 g/mol. The first-order chi connectivity index (χ1) is 14.1. The smallest absolute Gasteiger partial charge is 0.261 e. The average Bonchev–Trinajstić information content (AvgIpc) is 2.71. The SMILES string of the molecule is Cc1nc2ccccc2c(=O)n1CC(=O)NC(C)c1ccc(S(=O)(=O)N(C)C)cc1. The Labute approximate surface area is 175 Å². The number of rotatable bonds is 6. The summed E-state index contributed by atoms with van der Waals surface area (Å²) in [6, 6.07) is 13.0. The summed E-state index contributed by atoms with van der Waals surface area (Å²) in [7, 11) is -0.570. The van der Waals surface area contributed by atoms with Crippen molar-refractivity contribution in [2.75, 3.05) is 14.1 Å². The molecule has 1 heterocycles. The second-order valence-electron chi connectivity index (χ2n) is 7.21. The summed E-state index contributed by atoms with van der Waals surface area (Å²) >= 11 is 0. The lowest BCUT2D eigenvalue weighted by molar-refractivity contribution is -0.122.